The van der Waals surface area contributed by atoms with Gasteiger partial charge in [-0.2, -0.15) is 0 Å². The summed E-state index contributed by atoms with van der Waals surface area (Å²) in [5.41, 5.74) is 0.867. The summed E-state index contributed by atoms with van der Waals surface area (Å²) in [6, 6.07) is 7.49. The van der Waals surface area contributed by atoms with Crippen LogP contribution in [0.1, 0.15) is 30.4 Å². The normalized spacial score (nSPS) is 17.1. The molecule has 1 aliphatic rings. The van der Waals surface area contributed by atoms with E-state index in [1.165, 1.54) is 0 Å². The summed E-state index contributed by atoms with van der Waals surface area (Å²) < 4.78 is 0. The van der Waals surface area contributed by atoms with Crippen LogP contribution < -0.4 is 10.6 Å². The maximum atomic E-state index is 12.3. The molecule has 2 aromatic heterocycles. The van der Waals surface area contributed by atoms with E-state index in [1.54, 1.807) is 13.2 Å². The fourth-order valence-electron chi connectivity index (χ4n) is 2.96. The second-order valence-corrected chi connectivity index (χ2v) is 5.87. The van der Waals surface area contributed by atoms with Crippen LogP contribution in [0.25, 0.3) is 0 Å². The number of hydrogen-bond donors (Lipinski definition) is 2. The van der Waals surface area contributed by atoms with Crippen molar-refractivity contribution in [1.82, 2.24) is 25.2 Å². The van der Waals surface area contributed by atoms with Crippen LogP contribution in [-0.4, -0.2) is 45.9 Å². The zero-order valence-corrected chi connectivity index (χ0v) is 14.0. The molecule has 1 saturated heterocycles. The van der Waals surface area contributed by atoms with Crippen molar-refractivity contribution < 1.29 is 4.79 Å². The molecule has 0 saturated carbocycles. The molecule has 0 spiro atoms. The minimum atomic E-state index is -0.0602. The van der Waals surface area contributed by atoms with E-state index < -0.39 is 0 Å². The first-order valence-electron chi connectivity index (χ1n) is 8.15. The Labute approximate surface area is 141 Å². The zero-order valence-electron chi connectivity index (χ0n) is 14.0. The Kier molecular flexibility index (Phi) is 5.00. The first-order valence-corrected chi connectivity index (χ1v) is 8.15. The molecule has 7 heteroatoms. The van der Waals surface area contributed by atoms with E-state index in [9.17, 15) is 4.79 Å². The summed E-state index contributed by atoms with van der Waals surface area (Å²) in [5.74, 6) is 2.21. The molecular weight excluding hydrogens is 304 g/mol. The molecular formula is C17H22N6O. The van der Waals surface area contributed by atoms with Gasteiger partial charge in [0.05, 0.1) is 12.6 Å². The van der Waals surface area contributed by atoms with Crippen LogP contribution in [0.2, 0.25) is 0 Å². The smallest absolute Gasteiger partial charge is 0.237 e. The van der Waals surface area contributed by atoms with Gasteiger partial charge in [0.1, 0.15) is 11.6 Å². The molecule has 126 valence electrons. The summed E-state index contributed by atoms with van der Waals surface area (Å²) in [7, 11) is 1.78. The van der Waals surface area contributed by atoms with Crippen molar-refractivity contribution in [3.63, 3.8) is 0 Å². The topological polar surface area (TPSA) is 83.0 Å². The summed E-state index contributed by atoms with van der Waals surface area (Å²) in [6.07, 6.45) is 3.59. The number of hydrogen-bond acceptors (Lipinski definition) is 6. The Morgan fingerprint density at radius 3 is 2.96 bits per heavy atom. The van der Waals surface area contributed by atoms with Gasteiger partial charge in [-0.05, 0) is 38.9 Å². The summed E-state index contributed by atoms with van der Waals surface area (Å²) in [5, 5.41) is 6.12. The molecule has 0 aliphatic carbocycles. The Morgan fingerprint density at radius 2 is 2.21 bits per heavy atom. The third kappa shape index (κ3) is 3.68. The standard InChI is InChI=1S/C17H22N6O/c1-12-10-15(21-14-7-3-4-8-19-14)22-17(20-12)13-6-5-9-23(13)16(24)11-18-2/h3-4,7-8,10,13,18H,5-6,9,11H2,1-2H3,(H,19,20,21,22). The lowest BCUT2D eigenvalue weighted by atomic mass is 10.2. The van der Waals surface area contributed by atoms with Crippen molar-refractivity contribution in [2.45, 2.75) is 25.8 Å². The highest BCUT2D eigenvalue weighted by atomic mass is 16.2. The minimum absolute atomic E-state index is 0.0602. The number of aryl methyl sites for hydroxylation is 1. The molecule has 0 radical (unpaired) electrons. The second kappa shape index (κ2) is 7.35. The molecule has 1 amide bonds. The monoisotopic (exact) mass is 326 g/mol. The van der Waals surface area contributed by atoms with Crippen LogP contribution in [0.15, 0.2) is 30.5 Å². The van der Waals surface area contributed by atoms with Gasteiger partial charge in [-0.1, -0.05) is 6.07 Å². The average molecular weight is 326 g/mol. The largest absolute Gasteiger partial charge is 0.331 e. The number of aromatic nitrogens is 3. The number of carbonyl (C=O) groups excluding carboxylic acids is 1. The number of anilines is 2. The fraction of sp³-hybridized carbons (Fsp3) is 0.412. The molecule has 1 unspecified atom stereocenters. The number of likely N-dealkylation sites (N-methyl/N-ethyl adjacent to an activating group) is 1. The maximum Gasteiger partial charge on any atom is 0.237 e. The quantitative estimate of drug-likeness (QED) is 0.872. The van der Waals surface area contributed by atoms with Crippen molar-refractivity contribution >= 4 is 17.5 Å². The highest BCUT2D eigenvalue weighted by Gasteiger charge is 2.31. The highest BCUT2D eigenvalue weighted by molar-refractivity contribution is 5.79. The molecule has 1 aliphatic heterocycles. The van der Waals surface area contributed by atoms with Crippen molar-refractivity contribution in [2.75, 3.05) is 25.5 Å². The molecule has 24 heavy (non-hydrogen) atoms. The van der Waals surface area contributed by atoms with Crippen molar-refractivity contribution in [2.24, 2.45) is 0 Å². The van der Waals surface area contributed by atoms with E-state index in [1.807, 2.05) is 36.1 Å². The Bertz CT molecular complexity index is 705. The van der Waals surface area contributed by atoms with Gasteiger partial charge in [-0.25, -0.2) is 15.0 Å². The molecule has 1 fully saturated rings. The lowest BCUT2D eigenvalue weighted by Gasteiger charge is -2.24. The summed E-state index contributed by atoms with van der Waals surface area (Å²) in [6.45, 7) is 3.02. The van der Waals surface area contributed by atoms with E-state index in [2.05, 4.69) is 25.6 Å². The third-order valence-corrected chi connectivity index (χ3v) is 3.99. The number of carbonyl (C=O) groups is 1. The van der Waals surface area contributed by atoms with Crippen LogP contribution in [0.5, 0.6) is 0 Å². The van der Waals surface area contributed by atoms with Crippen LogP contribution in [0.3, 0.4) is 0 Å². The first-order chi connectivity index (χ1) is 11.7. The van der Waals surface area contributed by atoms with Crippen molar-refractivity contribution in [3.05, 3.63) is 42.0 Å². The van der Waals surface area contributed by atoms with Crippen LogP contribution in [0, 0.1) is 6.92 Å². The lowest BCUT2D eigenvalue weighted by molar-refractivity contribution is -0.131. The predicted molar refractivity (Wildman–Crippen MR) is 91.9 cm³/mol. The van der Waals surface area contributed by atoms with E-state index in [-0.39, 0.29) is 11.9 Å². The lowest BCUT2D eigenvalue weighted by Crippen LogP contribution is -2.37. The third-order valence-electron chi connectivity index (χ3n) is 3.99. The van der Waals surface area contributed by atoms with Gasteiger partial charge in [0.25, 0.3) is 0 Å². The molecule has 3 heterocycles. The predicted octanol–water partition coefficient (Wildman–Crippen LogP) is 1.81. The Hall–Kier alpha value is -2.54. The molecule has 2 aromatic rings. The van der Waals surface area contributed by atoms with E-state index in [0.29, 0.717) is 18.2 Å². The first kappa shape index (κ1) is 16.3. The summed E-state index contributed by atoms with van der Waals surface area (Å²) in [4.78, 5) is 27.6. The van der Waals surface area contributed by atoms with E-state index in [4.69, 9.17) is 0 Å². The Balaban J connectivity index is 1.84. The molecule has 1 atom stereocenters. The van der Waals surface area contributed by atoms with Crippen LogP contribution in [-0.2, 0) is 4.79 Å². The summed E-state index contributed by atoms with van der Waals surface area (Å²) >= 11 is 0. The number of nitrogens with zero attached hydrogens (tertiary/aromatic N) is 4. The highest BCUT2D eigenvalue weighted by Crippen LogP contribution is 2.30. The van der Waals surface area contributed by atoms with Crippen LogP contribution in [0.4, 0.5) is 11.6 Å². The number of amides is 1. The van der Waals surface area contributed by atoms with Crippen molar-refractivity contribution in [1.29, 1.82) is 0 Å². The van der Waals surface area contributed by atoms with E-state index >= 15 is 0 Å². The number of likely N-dealkylation sites (tertiary alicyclic amines) is 1. The van der Waals surface area contributed by atoms with Gasteiger partial charge in [-0.15, -0.1) is 0 Å². The maximum absolute atomic E-state index is 12.3. The number of pyridine rings is 1. The molecule has 7 nitrogen and oxygen atoms in total. The number of nitrogens with one attached hydrogen (secondary N) is 2. The van der Waals surface area contributed by atoms with Gasteiger partial charge in [0, 0.05) is 24.5 Å². The van der Waals surface area contributed by atoms with Gasteiger partial charge in [0.15, 0.2) is 5.82 Å². The molecule has 0 aromatic carbocycles. The van der Waals surface area contributed by atoms with Gasteiger partial charge >= 0.3 is 0 Å². The molecule has 2 N–H and O–H groups in total. The van der Waals surface area contributed by atoms with Gasteiger partial charge < -0.3 is 15.5 Å². The van der Waals surface area contributed by atoms with Gasteiger partial charge in [-0.3, -0.25) is 4.79 Å². The average Bonchev–Trinajstić information content (AvgIpc) is 3.05. The zero-order chi connectivity index (χ0) is 16.9. The number of rotatable bonds is 5. The Morgan fingerprint density at radius 1 is 1.33 bits per heavy atom. The van der Waals surface area contributed by atoms with Gasteiger partial charge in [0.2, 0.25) is 5.91 Å². The van der Waals surface area contributed by atoms with Crippen molar-refractivity contribution in [3.8, 4) is 0 Å². The van der Waals surface area contributed by atoms with E-state index in [0.717, 1.165) is 30.9 Å². The fourth-order valence-corrected chi connectivity index (χ4v) is 2.96. The van der Waals surface area contributed by atoms with Crippen LogP contribution >= 0.6 is 0 Å². The molecule has 3 rings (SSSR count). The molecule has 0 bridgehead atoms. The second-order valence-electron chi connectivity index (χ2n) is 5.87. The minimum Gasteiger partial charge on any atom is -0.331 e. The SMILES string of the molecule is CNCC(=O)N1CCCC1c1nc(C)cc(Nc2ccccn2)n1.